The van der Waals surface area contributed by atoms with E-state index in [0.717, 1.165) is 0 Å². The maximum absolute atomic E-state index is 11.4. The van der Waals surface area contributed by atoms with Crippen LogP contribution in [0.5, 0.6) is 11.5 Å². The van der Waals surface area contributed by atoms with Crippen LogP contribution in [0.4, 0.5) is 5.69 Å². The summed E-state index contributed by atoms with van der Waals surface area (Å²) < 4.78 is 5.56. The van der Waals surface area contributed by atoms with Crippen LogP contribution in [0, 0.1) is 11.3 Å². The first-order chi connectivity index (χ1) is 9.51. The Balaban J connectivity index is 2.42. The second kappa shape index (κ2) is 5.51. The molecule has 100 valence electrons. The van der Waals surface area contributed by atoms with E-state index in [4.69, 9.17) is 33.1 Å². The molecule has 0 unspecified atom stereocenters. The highest BCUT2D eigenvalue weighted by Gasteiger charge is 2.15. The monoisotopic (exact) mass is 287 g/mol. The largest absolute Gasteiger partial charge is 0.455 e. The molecule has 20 heavy (non-hydrogen) atoms. The van der Waals surface area contributed by atoms with Gasteiger partial charge in [-0.2, -0.15) is 5.26 Å². The van der Waals surface area contributed by atoms with Gasteiger partial charge in [0.05, 0.1) is 22.2 Å². The molecule has 0 heterocycles. The number of amides is 1. The van der Waals surface area contributed by atoms with E-state index in [1.165, 1.54) is 12.1 Å². The summed E-state index contributed by atoms with van der Waals surface area (Å²) in [5.41, 5.74) is 11.8. The van der Waals surface area contributed by atoms with E-state index in [0.29, 0.717) is 17.0 Å². The molecule has 0 aromatic heterocycles. The lowest BCUT2D eigenvalue weighted by Gasteiger charge is -2.12. The number of nitrogens with two attached hydrogens (primary N) is 2. The van der Waals surface area contributed by atoms with E-state index >= 15 is 0 Å². The van der Waals surface area contributed by atoms with Crippen LogP contribution in [0.2, 0.25) is 5.02 Å². The van der Waals surface area contributed by atoms with E-state index in [-0.39, 0.29) is 16.3 Å². The molecule has 5 nitrogen and oxygen atoms in total. The molecule has 4 N–H and O–H groups in total. The zero-order chi connectivity index (χ0) is 14.7. The Morgan fingerprint density at radius 3 is 2.45 bits per heavy atom. The van der Waals surface area contributed by atoms with Crippen molar-refractivity contribution in [3.05, 3.63) is 52.5 Å². The van der Waals surface area contributed by atoms with E-state index in [1.807, 2.05) is 6.07 Å². The summed E-state index contributed by atoms with van der Waals surface area (Å²) in [5.74, 6) is -0.126. The Morgan fingerprint density at radius 1 is 1.25 bits per heavy atom. The van der Waals surface area contributed by atoms with Crippen molar-refractivity contribution in [2.24, 2.45) is 5.73 Å². The van der Waals surface area contributed by atoms with E-state index in [2.05, 4.69) is 0 Å². The van der Waals surface area contributed by atoms with Crippen molar-refractivity contribution in [3.8, 4) is 17.6 Å². The number of nitriles is 1. The molecule has 1 amide bonds. The van der Waals surface area contributed by atoms with E-state index in [1.54, 1.807) is 24.3 Å². The summed E-state index contributed by atoms with van der Waals surface area (Å²) in [6.45, 7) is 0. The maximum Gasteiger partial charge on any atom is 0.252 e. The zero-order valence-electron chi connectivity index (χ0n) is 10.3. The number of hydrogen-bond donors (Lipinski definition) is 2. The predicted octanol–water partition coefficient (Wildman–Crippen LogP) is 2.69. The van der Waals surface area contributed by atoms with E-state index in [9.17, 15) is 4.79 Å². The highest BCUT2D eigenvalue weighted by atomic mass is 35.5. The molecule has 0 radical (unpaired) electrons. The van der Waals surface area contributed by atoms with Crippen LogP contribution >= 0.6 is 11.6 Å². The smallest absolute Gasteiger partial charge is 0.252 e. The van der Waals surface area contributed by atoms with Gasteiger partial charge in [-0.1, -0.05) is 11.6 Å². The maximum atomic E-state index is 11.4. The highest BCUT2D eigenvalue weighted by molar-refractivity contribution is 6.33. The third-order valence-electron chi connectivity index (χ3n) is 2.53. The highest BCUT2D eigenvalue weighted by Crippen LogP contribution is 2.34. The zero-order valence-corrected chi connectivity index (χ0v) is 11.0. The summed E-state index contributed by atoms with van der Waals surface area (Å²) in [6, 6.07) is 11.2. The van der Waals surface area contributed by atoms with Gasteiger partial charge in [-0.3, -0.25) is 4.79 Å². The van der Waals surface area contributed by atoms with Gasteiger partial charge in [0.2, 0.25) is 0 Å². The lowest BCUT2D eigenvalue weighted by molar-refractivity contribution is 0.0998. The summed E-state index contributed by atoms with van der Waals surface area (Å²) in [7, 11) is 0. The topological polar surface area (TPSA) is 102 Å². The number of benzene rings is 2. The van der Waals surface area contributed by atoms with Gasteiger partial charge in [0.1, 0.15) is 5.75 Å². The van der Waals surface area contributed by atoms with E-state index < -0.39 is 5.91 Å². The molecule has 2 rings (SSSR count). The quantitative estimate of drug-likeness (QED) is 0.847. The summed E-state index contributed by atoms with van der Waals surface area (Å²) in [4.78, 5) is 11.4. The van der Waals surface area contributed by atoms with Gasteiger partial charge in [-0.15, -0.1) is 0 Å². The molecular weight excluding hydrogens is 278 g/mol. The van der Waals surface area contributed by atoms with Crippen molar-refractivity contribution < 1.29 is 9.53 Å². The lowest BCUT2D eigenvalue weighted by atomic mass is 10.1. The van der Waals surface area contributed by atoms with Gasteiger partial charge in [0.25, 0.3) is 5.91 Å². The van der Waals surface area contributed by atoms with Gasteiger partial charge in [-0.05, 0) is 36.4 Å². The number of carbonyl (C=O) groups is 1. The molecule has 6 heteroatoms. The Morgan fingerprint density at radius 2 is 1.90 bits per heavy atom. The van der Waals surface area contributed by atoms with Crippen molar-refractivity contribution in [2.75, 3.05) is 5.73 Å². The minimum atomic E-state index is -0.692. The molecule has 0 saturated heterocycles. The fourth-order valence-corrected chi connectivity index (χ4v) is 1.88. The number of carbonyl (C=O) groups excluding carboxylic acids is 1. The number of nitrogens with zero attached hydrogens (tertiary/aromatic N) is 1. The number of anilines is 1. The average Bonchev–Trinajstić information content (AvgIpc) is 2.42. The first kappa shape index (κ1) is 13.7. The van der Waals surface area contributed by atoms with Crippen molar-refractivity contribution in [1.82, 2.24) is 0 Å². The number of primary amides is 1. The second-order valence-electron chi connectivity index (χ2n) is 3.98. The molecule has 0 aliphatic carbocycles. The molecule has 0 atom stereocenters. The number of hydrogen-bond acceptors (Lipinski definition) is 4. The SMILES string of the molecule is N#Cc1ccc(Oc2c(Cl)cc(N)cc2C(N)=O)cc1. The van der Waals surface area contributed by atoms with Crippen LogP contribution in [-0.4, -0.2) is 5.91 Å². The standard InChI is InChI=1S/C14H10ClN3O2/c15-12-6-9(17)5-11(14(18)19)13(12)20-10-3-1-8(7-16)2-4-10/h1-6H,17H2,(H2,18,19). The van der Waals surface area contributed by atoms with Crippen LogP contribution in [0.25, 0.3) is 0 Å². The summed E-state index contributed by atoms with van der Waals surface area (Å²) >= 11 is 6.02. The molecule has 0 fully saturated rings. The number of rotatable bonds is 3. The molecule has 2 aromatic rings. The predicted molar refractivity (Wildman–Crippen MR) is 75.6 cm³/mol. The number of nitrogen functional groups attached to an aromatic ring is 1. The molecule has 0 spiro atoms. The van der Waals surface area contributed by atoms with Gasteiger partial charge in [0, 0.05) is 5.69 Å². The van der Waals surface area contributed by atoms with Gasteiger partial charge < -0.3 is 16.2 Å². The minimum Gasteiger partial charge on any atom is -0.455 e. The Bertz CT molecular complexity index is 706. The fraction of sp³-hybridized carbons (Fsp3) is 0. The first-order valence-electron chi connectivity index (χ1n) is 5.58. The number of halogens is 1. The Hall–Kier alpha value is -2.71. The van der Waals surface area contributed by atoms with Crippen LogP contribution in [-0.2, 0) is 0 Å². The molecular formula is C14H10ClN3O2. The van der Waals surface area contributed by atoms with Crippen molar-refractivity contribution in [2.45, 2.75) is 0 Å². The van der Waals surface area contributed by atoms with Crippen LogP contribution in [0.15, 0.2) is 36.4 Å². The van der Waals surface area contributed by atoms with Crippen molar-refractivity contribution in [3.63, 3.8) is 0 Å². The lowest BCUT2D eigenvalue weighted by Crippen LogP contribution is -2.13. The van der Waals surface area contributed by atoms with Gasteiger partial charge >= 0.3 is 0 Å². The van der Waals surface area contributed by atoms with Crippen LogP contribution in [0.3, 0.4) is 0 Å². The second-order valence-corrected chi connectivity index (χ2v) is 4.39. The van der Waals surface area contributed by atoms with Crippen LogP contribution in [0.1, 0.15) is 15.9 Å². The average molecular weight is 288 g/mol. The summed E-state index contributed by atoms with van der Waals surface area (Å²) in [6.07, 6.45) is 0. The van der Waals surface area contributed by atoms with Gasteiger partial charge in [0.15, 0.2) is 5.75 Å². The Kier molecular flexibility index (Phi) is 3.78. The normalized spacial score (nSPS) is 9.80. The Labute approximate surface area is 120 Å². The fourth-order valence-electron chi connectivity index (χ4n) is 1.62. The van der Waals surface area contributed by atoms with Crippen LogP contribution < -0.4 is 16.2 Å². The molecule has 0 aliphatic rings. The summed E-state index contributed by atoms with van der Waals surface area (Å²) in [5, 5.41) is 8.91. The van der Waals surface area contributed by atoms with Gasteiger partial charge in [-0.25, -0.2) is 0 Å². The minimum absolute atomic E-state index is 0.0966. The third kappa shape index (κ3) is 2.82. The third-order valence-corrected chi connectivity index (χ3v) is 2.82. The number of ether oxygens (including phenoxy) is 1. The van der Waals surface area contributed by atoms with Crippen molar-refractivity contribution in [1.29, 1.82) is 5.26 Å². The van der Waals surface area contributed by atoms with Crippen molar-refractivity contribution >= 4 is 23.2 Å². The first-order valence-corrected chi connectivity index (χ1v) is 5.96. The molecule has 2 aromatic carbocycles. The molecule has 0 aliphatic heterocycles. The molecule has 0 saturated carbocycles. The molecule has 0 bridgehead atoms.